The van der Waals surface area contributed by atoms with Gasteiger partial charge in [0.05, 0.1) is 5.60 Å². The number of benzene rings is 1. The maximum absolute atomic E-state index is 11.1. The maximum atomic E-state index is 11.1. The molecule has 4 nitrogen and oxygen atoms in total. The van der Waals surface area contributed by atoms with Crippen LogP contribution in [0.25, 0.3) is 0 Å². The number of ether oxygens (including phenoxy) is 1. The lowest BCUT2D eigenvalue weighted by atomic mass is 9.84. The van der Waals surface area contributed by atoms with E-state index in [1.807, 2.05) is 0 Å². The summed E-state index contributed by atoms with van der Waals surface area (Å²) in [6, 6.07) is 7.04. The maximum Gasteiger partial charge on any atom is 0.123 e. The Labute approximate surface area is 149 Å². The lowest BCUT2D eigenvalue weighted by molar-refractivity contribution is -0.0204. The second kappa shape index (κ2) is 6.87. The standard InChI is InChI=1S/C19H28N2O2S/c1-20-7-5-19(22,6-8-20)16-2-3-18-15(12-16)13-21(9-10-23-18)17-4-11-24-14-17/h2-3,12,17,22H,4-11,13-14H2,1H3. The number of likely N-dealkylation sites (tertiary alicyclic amines) is 1. The van der Waals surface area contributed by atoms with Gasteiger partial charge in [0.1, 0.15) is 12.4 Å². The van der Waals surface area contributed by atoms with Crippen molar-refractivity contribution in [1.29, 1.82) is 0 Å². The predicted octanol–water partition coefficient (Wildman–Crippen LogP) is 2.30. The molecule has 2 saturated heterocycles. The fourth-order valence-electron chi connectivity index (χ4n) is 4.10. The number of rotatable bonds is 2. The Morgan fingerprint density at radius 3 is 2.83 bits per heavy atom. The van der Waals surface area contributed by atoms with Gasteiger partial charge >= 0.3 is 0 Å². The molecule has 24 heavy (non-hydrogen) atoms. The fraction of sp³-hybridized carbons (Fsp3) is 0.684. The number of hydrogen-bond donors (Lipinski definition) is 1. The van der Waals surface area contributed by atoms with E-state index in [9.17, 15) is 5.11 Å². The van der Waals surface area contributed by atoms with Crippen LogP contribution in [0.2, 0.25) is 0 Å². The highest BCUT2D eigenvalue weighted by Gasteiger charge is 2.34. The van der Waals surface area contributed by atoms with E-state index >= 15 is 0 Å². The zero-order valence-electron chi connectivity index (χ0n) is 14.5. The van der Waals surface area contributed by atoms with Gasteiger partial charge in [-0.2, -0.15) is 11.8 Å². The molecule has 0 amide bonds. The van der Waals surface area contributed by atoms with Crippen molar-refractivity contribution in [3.8, 4) is 5.75 Å². The monoisotopic (exact) mass is 348 g/mol. The van der Waals surface area contributed by atoms with Crippen LogP contribution in [0.3, 0.4) is 0 Å². The van der Waals surface area contributed by atoms with Gasteiger partial charge in [-0.15, -0.1) is 0 Å². The smallest absolute Gasteiger partial charge is 0.123 e. The summed E-state index contributed by atoms with van der Waals surface area (Å²) >= 11 is 2.06. The number of fused-ring (bicyclic) bond motifs is 1. The first kappa shape index (κ1) is 16.7. The van der Waals surface area contributed by atoms with Crippen molar-refractivity contribution in [1.82, 2.24) is 9.80 Å². The lowest BCUT2D eigenvalue weighted by Crippen LogP contribution is -2.40. The van der Waals surface area contributed by atoms with E-state index in [2.05, 4.69) is 46.8 Å². The van der Waals surface area contributed by atoms with Crippen molar-refractivity contribution >= 4 is 11.8 Å². The van der Waals surface area contributed by atoms with Crippen molar-refractivity contribution < 1.29 is 9.84 Å². The van der Waals surface area contributed by atoms with E-state index in [0.29, 0.717) is 6.04 Å². The molecule has 4 rings (SSSR count). The Bertz CT molecular complexity index is 581. The average molecular weight is 349 g/mol. The third-order valence-electron chi connectivity index (χ3n) is 5.84. The van der Waals surface area contributed by atoms with E-state index in [-0.39, 0.29) is 0 Å². The SMILES string of the molecule is CN1CCC(O)(c2ccc3c(c2)CN(C2CCSC2)CCO3)CC1. The second-order valence-corrected chi connectivity index (χ2v) is 8.64. The first-order valence-corrected chi connectivity index (χ1v) is 10.3. The summed E-state index contributed by atoms with van der Waals surface area (Å²) in [5.74, 6) is 3.52. The molecule has 0 saturated carbocycles. The van der Waals surface area contributed by atoms with E-state index in [0.717, 1.165) is 56.9 Å². The van der Waals surface area contributed by atoms with Crippen LogP contribution in [0.1, 0.15) is 30.4 Å². The van der Waals surface area contributed by atoms with Crippen LogP contribution in [0.15, 0.2) is 18.2 Å². The van der Waals surface area contributed by atoms with E-state index in [1.54, 1.807) is 0 Å². The minimum atomic E-state index is -0.679. The minimum Gasteiger partial charge on any atom is -0.492 e. The molecular weight excluding hydrogens is 320 g/mol. The van der Waals surface area contributed by atoms with Crippen LogP contribution < -0.4 is 4.74 Å². The predicted molar refractivity (Wildman–Crippen MR) is 98.7 cm³/mol. The summed E-state index contributed by atoms with van der Waals surface area (Å²) < 4.78 is 5.99. The Balaban J connectivity index is 1.57. The summed E-state index contributed by atoms with van der Waals surface area (Å²) in [4.78, 5) is 4.87. The van der Waals surface area contributed by atoms with E-state index < -0.39 is 5.60 Å². The van der Waals surface area contributed by atoms with Crippen LogP contribution >= 0.6 is 11.8 Å². The van der Waals surface area contributed by atoms with Gasteiger partial charge in [0.2, 0.25) is 0 Å². The van der Waals surface area contributed by atoms with Crippen molar-refractivity contribution in [2.45, 2.75) is 37.5 Å². The molecule has 1 unspecified atom stereocenters. The van der Waals surface area contributed by atoms with Gasteiger partial charge in [-0.05, 0) is 49.8 Å². The first-order valence-electron chi connectivity index (χ1n) is 9.13. The molecule has 5 heteroatoms. The molecule has 0 bridgehead atoms. The van der Waals surface area contributed by atoms with Crippen molar-refractivity contribution in [3.05, 3.63) is 29.3 Å². The second-order valence-electron chi connectivity index (χ2n) is 7.49. The summed E-state index contributed by atoms with van der Waals surface area (Å²) in [7, 11) is 2.13. The third kappa shape index (κ3) is 3.32. The zero-order valence-corrected chi connectivity index (χ0v) is 15.4. The Morgan fingerprint density at radius 1 is 1.25 bits per heavy atom. The largest absolute Gasteiger partial charge is 0.492 e. The van der Waals surface area contributed by atoms with Crippen LogP contribution in [0.5, 0.6) is 5.75 Å². The summed E-state index contributed by atoms with van der Waals surface area (Å²) in [5, 5.41) is 11.1. The Hall–Kier alpha value is -0.750. The molecule has 2 fully saturated rings. The number of aliphatic hydroxyl groups is 1. The minimum absolute atomic E-state index is 0.679. The molecule has 0 aliphatic carbocycles. The van der Waals surface area contributed by atoms with E-state index in [1.165, 1.54) is 23.5 Å². The molecule has 1 N–H and O–H groups in total. The molecule has 0 aromatic heterocycles. The number of piperidine rings is 1. The number of nitrogens with zero attached hydrogens (tertiary/aromatic N) is 2. The summed E-state index contributed by atoms with van der Waals surface area (Å²) in [6.07, 6.45) is 2.91. The molecule has 0 radical (unpaired) electrons. The van der Waals surface area contributed by atoms with Crippen LogP contribution in [-0.4, -0.2) is 65.7 Å². The molecule has 1 atom stereocenters. The van der Waals surface area contributed by atoms with Crippen molar-refractivity contribution in [2.75, 3.05) is 44.8 Å². The van der Waals surface area contributed by atoms with Gasteiger partial charge in [0, 0.05) is 43.5 Å². The van der Waals surface area contributed by atoms with Gasteiger partial charge in [0.15, 0.2) is 0 Å². The summed E-state index contributed by atoms with van der Waals surface area (Å²) in [6.45, 7) is 4.63. The van der Waals surface area contributed by atoms with Crippen LogP contribution in [0, 0.1) is 0 Å². The quantitative estimate of drug-likeness (QED) is 0.887. The van der Waals surface area contributed by atoms with Crippen molar-refractivity contribution in [3.63, 3.8) is 0 Å². The third-order valence-corrected chi connectivity index (χ3v) is 6.99. The molecule has 1 aromatic rings. The number of thioether (sulfide) groups is 1. The van der Waals surface area contributed by atoms with Gasteiger partial charge in [-0.3, -0.25) is 4.90 Å². The topological polar surface area (TPSA) is 35.9 Å². The lowest BCUT2D eigenvalue weighted by Gasteiger charge is -2.37. The normalized spacial score (nSPS) is 28.2. The highest BCUT2D eigenvalue weighted by atomic mass is 32.2. The molecule has 3 heterocycles. The van der Waals surface area contributed by atoms with Gasteiger partial charge in [-0.25, -0.2) is 0 Å². The van der Waals surface area contributed by atoms with Crippen LogP contribution in [-0.2, 0) is 12.1 Å². The molecule has 3 aliphatic heterocycles. The fourth-order valence-corrected chi connectivity index (χ4v) is 5.36. The molecule has 0 spiro atoms. The van der Waals surface area contributed by atoms with Gasteiger partial charge in [-0.1, -0.05) is 6.07 Å². The summed E-state index contributed by atoms with van der Waals surface area (Å²) in [5.41, 5.74) is 1.64. The Morgan fingerprint density at radius 2 is 2.08 bits per heavy atom. The highest BCUT2D eigenvalue weighted by Crippen LogP contribution is 2.36. The van der Waals surface area contributed by atoms with Crippen LogP contribution in [0.4, 0.5) is 0 Å². The highest BCUT2D eigenvalue weighted by molar-refractivity contribution is 7.99. The van der Waals surface area contributed by atoms with Gasteiger partial charge in [0.25, 0.3) is 0 Å². The average Bonchev–Trinajstić information content (AvgIpc) is 3.04. The molecular formula is C19H28N2O2S. The number of hydrogen-bond acceptors (Lipinski definition) is 5. The van der Waals surface area contributed by atoms with Crippen molar-refractivity contribution in [2.24, 2.45) is 0 Å². The zero-order chi connectivity index (χ0) is 16.6. The first-order chi connectivity index (χ1) is 11.6. The molecule has 3 aliphatic rings. The molecule has 132 valence electrons. The molecule has 1 aromatic carbocycles. The van der Waals surface area contributed by atoms with Gasteiger partial charge < -0.3 is 14.7 Å². The Kier molecular flexibility index (Phi) is 4.78. The van der Waals surface area contributed by atoms with E-state index in [4.69, 9.17) is 4.74 Å².